The highest BCUT2D eigenvalue weighted by Gasteiger charge is 2.22. The first-order valence-electron chi connectivity index (χ1n) is 7.04. The number of rotatable bonds is 4. The van der Waals surface area contributed by atoms with E-state index >= 15 is 0 Å². The third kappa shape index (κ3) is 2.82. The molecule has 0 aliphatic carbocycles. The quantitative estimate of drug-likeness (QED) is 0.772. The van der Waals surface area contributed by atoms with E-state index in [-0.39, 0.29) is 6.10 Å². The maximum atomic E-state index is 10.7. The molecular weight excluding hydrogens is 260 g/mol. The van der Waals surface area contributed by atoms with Crippen molar-refractivity contribution in [1.29, 1.82) is 0 Å². The number of ether oxygens (including phenoxy) is 1. The van der Waals surface area contributed by atoms with E-state index in [4.69, 9.17) is 4.74 Å². The van der Waals surface area contributed by atoms with Gasteiger partial charge in [0.25, 0.3) is 0 Å². The molecule has 0 aliphatic heterocycles. The van der Waals surface area contributed by atoms with Crippen molar-refractivity contribution in [3.63, 3.8) is 0 Å². The van der Waals surface area contributed by atoms with Gasteiger partial charge in [-0.3, -0.25) is 0 Å². The minimum absolute atomic E-state index is 0.368. The van der Waals surface area contributed by atoms with E-state index in [1.54, 1.807) is 7.11 Å². The number of hydrogen-bond acceptors (Lipinski definition) is 2. The predicted octanol–water partition coefficient (Wildman–Crippen LogP) is 4.26. The van der Waals surface area contributed by atoms with Crippen molar-refractivity contribution in [2.24, 2.45) is 0 Å². The van der Waals surface area contributed by atoms with Crippen LogP contribution in [0.15, 0.2) is 72.8 Å². The normalized spacial score (nSPS) is 14.0. The minimum atomic E-state index is -0.693. The Balaban J connectivity index is 1.96. The molecule has 1 N–H and O–H groups in total. The Kier molecular flexibility index (Phi) is 4.00. The second-order valence-electron chi connectivity index (χ2n) is 5.12. The lowest BCUT2D eigenvalue weighted by molar-refractivity contribution is -0.0148. The van der Waals surface area contributed by atoms with E-state index in [2.05, 4.69) is 12.1 Å². The van der Waals surface area contributed by atoms with Crippen LogP contribution in [-0.2, 0) is 4.74 Å². The third-order valence-electron chi connectivity index (χ3n) is 3.78. The summed E-state index contributed by atoms with van der Waals surface area (Å²) in [4.78, 5) is 0. The molecule has 0 fully saturated rings. The van der Waals surface area contributed by atoms with Crippen LogP contribution in [0.25, 0.3) is 10.8 Å². The van der Waals surface area contributed by atoms with Crippen molar-refractivity contribution in [2.75, 3.05) is 7.11 Å². The van der Waals surface area contributed by atoms with Crippen LogP contribution >= 0.6 is 0 Å². The van der Waals surface area contributed by atoms with Crippen LogP contribution in [0.4, 0.5) is 0 Å². The molecule has 0 heterocycles. The van der Waals surface area contributed by atoms with Crippen LogP contribution in [0.5, 0.6) is 0 Å². The number of aliphatic hydroxyl groups excluding tert-OH is 1. The number of aliphatic hydroxyl groups is 1. The molecule has 0 radical (unpaired) electrons. The molecule has 0 aliphatic rings. The Hall–Kier alpha value is -2.16. The van der Waals surface area contributed by atoms with Gasteiger partial charge in [0.15, 0.2) is 0 Å². The lowest BCUT2D eigenvalue weighted by Gasteiger charge is -2.22. The fraction of sp³-hybridized carbons (Fsp3) is 0.158. The first kappa shape index (κ1) is 13.8. The SMILES string of the molecule is COC(c1ccccc1)C(O)c1ccc2ccccc2c1. The molecule has 0 saturated heterocycles. The van der Waals surface area contributed by atoms with E-state index in [1.807, 2.05) is 60.7 Å². The molecule has 3 aromatic carbocycles. The Bertz CT molecular complexity index is 722. The van der Waals surface area contributed by atoms with Crippen molar-refractivity contribution in [3.05, 3.63) is 83.9 Å². The standard InChI is InChI=1S/C19H18O2/c1-21-19(15-8-3-2-4-9-15)18(20)17-12-11-14-7-5-6-10-16(14)13-17/h2-13,18-20H,1H3. The Labute approximate surface area is 124 Å². The largest absolute Gasteiger partial charge is 0.385 e. The summed E-state index contributed by atoms with van der Waals surface area (Å²) in [5.41, 5.74) is 1.84. The van der Waals surface area contributed by atoms with Gasteiger partial charge in [0.05, 0.1) is 0 Å². The highest BCUT2D eigenvalue weighted by Crippen LogP contribution is 2.32. The highest BCUT2D eigenvalue weighted by atomic mass is 16.5. The molecule has 0 amide bonds. The molecule has 3 aromatic rings. The number of hydrogen-bond donors (Lipinski definition) is 1. The van der Waals surface area contributed by atoms with Gasteiger partial charge in [-0.15, -0.1) is 0 Å². The molecule has 0 aromatic heterocycles. The van der Waals surface area contributed by atoms with Crippen LogP contribution in [0, 0.1) is 0 Å². The number of methoxy groups -OCH3 is 1. The molecule has 3 rings (SSSR count). The van der Waals surface area contributed by atoms with Gasteiger partial charge in [0, 0.05) is 7.11 Å². The Morgan fingerprint density at radius 1 is 0.762 bits per heavy atom. The lowest BCUT2D eigenvalue weighted by Crippen LogP contribution is -2.12. The summed E-state index contributed by atoms with van der Waals surface area (Å²) in [5.74, 6) is 0. The van der Waals surface area contributed by atoms with E-state index in [9.17, 15) is 5.11 Å². The smallest absolute Gasteiger partial charge is 0.112 e. The average molecular weight is 278 g/mol. The van der Waals surface area contributed by atoms with Crippen LogP contribution in [-0.4, -0.2) is 12.2 Å². The van der Waals surface area contributed by atoms with Gasteiger partial charge in [0.1, 0.15) is 12.2 Å². The monoisotopic (exact) mass is 278 g/mol. The van der Waals surface area contributed by atoms with Crippen LogP contribution in [0.1, 0.15) is 23.3 Å². The molecule has 2 unspecified atom stereocenters. The number of fused-ring (bicyclic) bond motifs is 1. The molecule has 106 valence electrons. The van der Waals surface area contributed by atoms with E-state index in [0.717, 1.165) is 16.5 Å². The zero-order chi connectivity index (χ0) is 14.7. The zero-order valence-corrected chi connectivity index (χ0v) is 11.9. The molecule has 2 atom stereocenters. The minimum Gasteiger partial charge on any atom is -0.385 e. The summed E-state index contributed by atoms with van der Waals surface area (Å²) in [7, 11) is 1.63. The zero-order valence-electron chi connectivity index (χ0n) is 11.9. The van der Waals surface area contributed by atoms with Crippen molar-refractivity contribution in [3.8, 4) is 0 Å². The fourth-order valence-electron chi connectivity index (χ4n) is 2.66. The summed E-state index contributed by atoms with van der Waals surface area (Å²) in [6, 6.07) is 24.0. The third-order valence-corrected chi connectivity index (χ3v) is 3.78. The molecule has 2 nitrogen and oxygen atoms in total. The number of benzene rings is 3. The van der Waals surface area contributed by atoms with Gasteiger partial charge in [-0.2, -0.15) is 0 Å². The first-order chi connectivity index (χ1) is 10.3. The van der Waals surface area contributed by atoms with E-state index in [1.165, 1.54) is 5.39 Å². The second-order valence-corrected chi connectivity index (χ2v) is 5.12. The van der Waals surface area contributed by atoms with E-state index < -0.39 is 6.10 Å². The Morgan fingerprint density at radius 2 is 1.43 bits per heavy atom. The van der Waals surface area contributed by atoms with Crippen molar-refractivity contribution in [1.82, 2.24) is 0 Å². The van der Waals surface area contributed by atoms with Gasteiger partial charge in [-0.1, -0.05) is 66.7 Å². The first-order valence-corrected chi connectivity index (χ1v) is 7.04. The molecule has 0 saturated carbocycles. The van der Waals surface area contributed by atoms with Crippen LogP contribution < -0.4 is 0 Å². The van der Waals surface area contributed by atoms with Crippen molar-refractivity contribution in [2.45, 2.75) is 12.2 Å². The lowest BCUT2D eigenvalue weighted by atomic mass is 9.96. The summed E-state index contributed by atoms with van der Waals surface area (Å²) in [5, 5.41) is 13.0. The van der Waals surface area contributed by atoms with Crippen molar-refractivity contribution < 1.29 is 9.84 Å². The Morgan fingerprint density at radius 3 is 2.14 bits per heavy atom. The molecular formula is C19H18O2. The van der Waals surface area contributed by atoms with Gasteiger partial charge in [0.2, 0.25) is 0 Å². The van der Waals surface area contributed by atoms with Gasteiger partial charge < -0.3 is 9.84 Å². The van der Waals surface area contributed by atoms with Gasteiger partial charge in [-0.25, -0.2) is 0 Å². The second kappa shape index (κ2) is 6.08. The van der Waals surface area contributed by atoms with E-state index in [0.29, 0.717) is 0 Å². The van der Waals surface area contributed by atoms with Crippen LogP contribution in [0.3, 0.4) is 0 Å². The highest BCUT2D eigenvalue weighted by molar-refractivity contribution is 5.83. The molecule has 21 heavy (non-hydrogen) atoms. The maximum Gasteiger partial charge on any atom is 0.112 e. The van der Waals surface area contributed by atoms with Gasteiger partial charge >= 0.3 is 0 Å². The summed E-state index contributed by atoms with van der Waals surface area (Å²) >= 11 is 0. The predicted molar refractivity (Wildman–Crippen MR) is 85.1 cm³/mol. The summed E-state index contributed by atoms with van der Waals surface area (Å²) in [6.07, 6.45) is -1.06. The fourth-order valence-corrected chi connectivity index (χ4v) is 2.66. The topological polar surface area (TPSA) is 29.5 Å². The van der Waals surface area contributed by atoms with Crippen LogP contribution in [0.2, 0.25) is 0 Å². The maximum absolute atomic E-state index is 10.7. The summed E-state index contributed by atoms with van der Waals surface area (Å²) in [6.45, 7) is 0. The molecule has 0 spiro atoms. The van der Waals surface area contributed by atoms with Crippen molar-refractivity contribution >= 4 is 10.8 Å². The molecule has 0 bridgehead atoms. The van der Waals surface area contributed by atoms with Gasteiger partial charge in [-0.05, 0) is 28.0 Å². The molecule has 2 heteroatoms. The summed E-state index contributed by atoms with van der Waals surface area (Å²) < 4.78 is 5.51. The average Bonchev–Trinajstić information content (AvgIpc) is 2.56.